The van der Waals surface area contributed by atoms with Crippen LogP contribution in [-0.4, -0.2) is 40.1 Å². The molecule has 5 heteroatoms. The van der Waals surface area contributed by atoms with Crippen molar-refractivity contribution in [3.63, 3.8) is 0 Å². The third kappa shape index (κ3) is 3.51. The van der Waals surface area contributed by atoms with Crippen LogP contribution >= 0.6 is 0 Å². The number of rotatable bonds is 5. The molecule has 136 valence electrons. The molecule has 2 aliphatic rings. The van der Waals surface area contributed by atoms with Gasteiger partial charge in [0.25, 0.3) is 0 Å². The van der Waals surface area contributed by atoms with Gasteiger partial charge in [-0.05, 0) is 67.4 Å². The SMILES string of the molecule is C1=NCC(c2ccc(Oc3ccc4nc(CN5CCCC5)cn4c3)cc2)=C1. The van der Waals surface area contributed by atoms with Gasteiger partial charge in [-0.3, -0.25) is 9.89 Å². The number of ether oxygens (including phenoxy) is 1. The molecule has 0 aliphatic carbocycles. The summed E-state index contributed by atoms with van der Waals surface area (Å²) in [7, 11) is 0. The van der Waals surface area contributed by atoms with E-state index in [9.17, 15) is 0 Å². The Hall–Kier alpha value is -2.92. The average Bonchev–Trinajstić information content (AvgIpc) is 3.44. The van der Waals surface area contributed by atoms with E-state index in [2.05, 4.69) is 38.7 Å². The van der Waals surface area contributed by atoms with Gasteiger partial charge in [0.15, 0.2) is 0 Å². The Morgan fingerprint density at radius 1 is 0.926 bits per heavy atom. The molecule has 5 rings (SSSR count). The number of aromatic nitrogens is 2. The van der Waals surface area contributed by atoms with Gasteiger partial charge in [-0.1, -0.05) is 12.1 Å². The predicted octanol–water partition coefficient (Wildman–Crippen LogP) is 4.19. The number of aliphatic imine (C=N–C) groups is 1. The summed E-state index contributed by atoms with van der Waals surface area (Å²) < 4.78 is 8.09. The summed E-state index contributed by atoms with van der Waals surface area (Å²) in [4.78, 5) is 11.4. The fourth-order valence-electron chi connectivity index (χ4n) is 3.74. The van der Waals surface area contributed by atoms with E-state index in [-0.39, 0.29) is 0 Å². The van der Waals surface area contributed by atoms with E-state index in [1.165, 1.54) is 37.1 Å². The van der Waals surface area contributed by atoms with Crippen LogP contribution in [0, 0.1) is 0 Å². The number of likely N-dealkylation sites (tertiary alicyclic amines) is 1. The molecule has 0 N–H and O–H groups in total. The Labute approximate surface area is 158 Å². The highest BCUT2D eigenvalue weighted by Gasteiger charge is 2.13. The molecule has 1 aromatic carbocycles. The third-order valence-corrected chi connectivity index (χ3v) is 5.16. The predicted molar refractivity (Wildman–Crippen MR) is 108 cm³/mol. The lowest BCUT2D eigenvalue weighted by atomic mass is 10.1. The molecule has 3 aromatic rings. The summed E-state index contributed by atoms with van der Waals surface area (Å²) in [5.41, 5.74) is 4.51. The van der Waals surface area contributed by atoms with Crippen molar-refractivity contribution in [3.8, 4) is 11.5 Å². The van der Waals surface area contributed by atoms with Crippen molar-refractivity contribution in [1.82, 2.24) is 14.3 Å². The molecule has 0 bridgehead atoms. The van der Waals surface area contributed by atoms with Crippen molar-refractivity contribution in [2.75, 3.05) is 19.6 Å². The number of hydrogen-bond donors (Lipinski definition) is 0. The number of allylic oxidation sites excluding steroid dienone is 1. The Balaban J connectivity index is 1.31. The van der Waals surface area contributed by atoms with Crippen molar-refractivity contribution in [2.45, 2.75) is 19.4 Å². The normalized spacial score (nSPS) is 17.0. The molecular weight excluding hydrogens is 336 g/mol. The van der Waals surface area contributed by atoms with Crippen molar-refractivity contribution < 1.29 is 4.74 Å². The van der Waals surface area contributed by atoms with Crippen LogP contribution in [0.25, 0.3) is 11.2 Å². The quantitative estimate of drug-likeness (QED) is 0.687. The van der Waals surface area contributed by atoms with Crippen LogP contribution in [0.5, 0.6) is 11.5 Å². The molecule has 0 radical (unpaired) electrons. The maximum absolute atomic E-state index is 6.04. The molecule has 0 spiro atoms. The second-order valence-electron chi connectivity index (χ2n) is 7.15. The van der Waals surface area contributed by atoms with Gasteiger partial charge in [0.05, 0.1) is 18.4 Å². The lowest BCUT2D eigenvalue weighted by Crippen LogP contribution is -2.18. The molecule has 0 saturated carbocycles. The van der Waals surface area contributed by atoms with Crippen molar-refractivity contribution in [3.05, 3.63) is 66.1 Å². The zero-order chi connectivity index (χ0) is 18.1. The monoisotopic (exact) mass is 358 g/mol. The largest absolute Gasteiger partial charge is 0.456 e. The van der Waals surface area contributed by atoms with E-state index in [1.54, 1.807) is 0 Å². The fraction of sp³-hybridized carbons (Fsp3) is 0.273. The Kier molecular flexibility index (Phi) is 4.22. The number of benzene rings is 1. The highest BCUT2D eigenvalue weighted by atomic mass is 16.5. The van der Waals surface area contributed by atoms with Crippen LogP contribution in [0.1, 0.15) is 24.1 Å². The smallest absolute Gasteiger partial charge is 0.144 e. The van der Waals surface area contributed by atoms with Crippen molar-refractivity contribution in [1.29, 1.82) is 0 Å². The van der Waals surface area contributed by atoms with E-state index < -0.39 is 0 Å². The van der Waals surface area contributed by atoms with Crippen LogP contribution in [0.2, 0.25) is 0 Å². The summed E-state index contributed by atoms with van der Waals surface area (Å²) in [5.74, 6) is 1.64. The van der Waals surface area contributed by atoms with Crippen LogP contribution in [0.4, 0.5) is 0 Å². The average molecular weight is 358 g/mol. The molecule has 1 saturated heterocycles. The van der Waals surface area contributed by atoms with Crippen molar-refractivity contribution >= 4 is 17.4 Å². The Morgan fingerprint density at radius 3 is 2.52 bits per heavy atom. The Bertz CT molecular complexity index is 1010. The molecule has 0 atom stereocenters. The Morgan fingerprint density at radius 2 is 1.74 bits per heavy atom. The number of fused-ring (bicyclic) bond motifs is 1. The van der Waals surface area contributed by atoms with Gasteiger partial charge in [-0.15, -0.1) is 0 Å². The highest BCUT2D eigenvalue weighted by Crippen LogP contribution is 2.25. The van der Waals surface area contributed by atoms with Gasteiger partial charge in [0.1, 0.15) is 17.1 Å². The molecule has 2 aliphatic heterocycles. The van der Waals surface area contributed by atoms with Gasteiger partial charge >= 0.3 is 0 Å². The maximum Gasteiger partial charge on any atom is 0.144 e. The summed E-state index contributed by atoms with van der Waals surface area (Å²) in [6.07, 6.45) is 10.6. The molecule has 0 amide bonds. The molecule has 4 heterocycles. The van der Waals surface area contributed by atoms with E-state index in [0.717, 1.165) is 35.9 Å². The molecule has 1 fully saturated rings. The van der Waals surface area contributed by atoms with Gasteiger partial charge in [0.2, 0.25) is 0 Å². The topological polar surface area (TPSA) is 42.1 Å². The molecule has 5 nitrogen and oxygen atoms in total. The number of pyridine rings is 1. The lowest BCUT2D eigenvalue weighted by molar-refractivity contribution is 0.328. The first-order valence-electron chi connectivity index (χ1n) is 9.51. The third-order valence-electron chi connectivity index (χ3n) is 5.16. The number of imidazole rings is 1. The second kappa shape index (κ2) is 7.00. The number of nitrogens with zero attached hydrogens (tertiary/aromatic N) is 4. The minimum absolute atomic E-state index is 0.761. The van der Waals surface area contributed by atoms with Gasteiger partial charge in [0, 0.05) is 19.0 Å². The lowest BCUT2D eigenvalue weighted by Gasteiger charge is -2.11. The summed E-state index contributed by atoms with van der Waals surface area (Å²) in [6.45, 7) is 4.05. The number of hydrogen-bond acceptors (Lipinski definition) is 4. The molecule has 2 aromatic heterocycles. The fourth-order valence-corrected chi connectivity index (χ4v) is 3.74. The van der Waals surface area contributed by atoms with Crippen molar-refractivity contribution in [2.24, 2.45) is 4.99 Å². The first kappa shape index (κ1) is 16.3. The zero-order valence-electron chi connectivity index (χ0n) is 15.2. The van der Waals surface area contributed by atoms with Gasteiger partial charge in [-0.25, -0.2) is 4.98 Å². The summed E-state index contributed by atoms with van der Waals surface area (Å²) in [5, 5.41) is 0. The minimum atomic E-state index is 0.761. The maximum atomic E-state index is 6.04. The van der Waals surface area contributed by atoms with E-state index in [4.69, 9.17) is 9.72 Å². The zero-order valence-corrected chi connectivity index (χ0v) is 15.2. The van der Waals surface area contributed by atoms with Gasteiger partial charge in [-0.2, -0.15) is 0 Å². The van der Waals surface area contributed by atoms with E-state index in [0.29, 0.717) is 0 Å². The van der Waals surface area contributed by atoms with Crippen LogP contribution in [0.3, 0.4) is 0 Å². The minimum Gasteiger partial charge on any atom is -0.456 e. The molecule has 0 unspecified atom stereocenters. The first-order chi connectivity index (χ1) is 13.3. The molecular formula is C22H22N4O. The second-order valence-corrected chi connectivity index (χ2v) is 7.15. The summed E-state index contributed by atoms with van der Waals surface area (Å²) >= 11 is 0. The van der Waals surface area contributed by atoms with Crippen LogP contribution in [-0.2, 0) is 6.54 Å². The van der Waals surface area contributed by atoms with Crippen LogP contribution in [0.15, 0.2) is 59.9 Å². The highest BCUT2D eigenvalue weighted by molar-refractivity contribution is 5.89. The van der Waals surface area contributed by atoms with E-state index in [1.807, 2.05) is 36.7 Å². The summed E-state index contributed by atoms with van der Waals surface area (Å²) in [6, 6.07) is 12.2. The standard InChI is InChI=1S/C22H22N4O/c1-2-12-25(11-1)14-19-15-26-16-21(7-8-22(26)24-19)27-20-5-3-17(4-6-20)18-9-10-23-13-18/h3-10,15-16H,1-2,11-14H2. The van der Waals surface area contributed by atoms with Gasteiger partial charge < -0.3 is 9.14 Å². The molecule has 27 heavy (non-hydrogen) atoms. The van der Waals surface area contributed by atoms with E-state index >= 15 is 0 Å². The van der Waals surface area contributed by atoms with Crippen LogP contribution < -0.4 is 4.74 Å². The first-order valence-corrected chi connectivity index (χ1v) is 9.51.